The Bertz CT molecular complexity index is 1080. The number of amides is 1. The van der Waals surface area contributed by atoms with Gasteiger partial charge in [-0.1, -0.05) is 37.2 Å². The van der Waals surface area contributed by atoms with Gasteiger partial charge in [-0.25, -0.2) is 0 Å². The molecule has 8 heteroatoms. The molecule has 1 amide bonds. The molecule has 3 aromatic rings. The van der Waals surface area contributed by atoms with Gasteiger partial charge in [0, 0.05) is 11.3 Å². The first-order valence-corrected chi connectivity index (χ1v) is 11.0. The number of Topliss-reactive ketones (excluding diaryl/α,β-unsaturated/α-hetero) is 1. The van der Waals surface area contributed by atoms with Crippen LogP contribution in [0.2, 0.25) is 0 Å². The van der Waals surface area contributed by atoms with Crippen molar-refractivity contribution in [1.82, 2.24) is 20.2 Å². The molecule has 0 spiro atoms. The number of anilines is 1. The molecule has 0 saturated carbocycles. The zero-order chi connectivity index (χ0) is 21.1. The highest BCUT2D eigenvalue weighted by molar-refractivity contribution is 7.99. The summed E-state index contributed by atoms with van der Waals surface area (Å²) in [5.74, 6) is -0.0978. The summed E-state index contributed by atoms with van der Waals surface area (Å²) in [6.07, 6.45) is 3.39. The van der Waals surface area contributed by atoms with Crippen LogP contribution >= 0.6 is 11.8 Å². The molecule has 1 aliphatic rings. The lowest BCUT2D eigenvalue weighted by Crippen LogP contribution is -2.08. The van der Waals surface area contributed by atoms with Crippen LogP contribution in [-0.2, 0) is 11.2 Å². The van der Waals surface area contributed by atoms with Crippen LogP contribution < -0.4 is 5.32 Å². The Hall–Kier alpha value is -3.00. The molecule has 0 unspecified atom stereocenters. The molecule has 1 N–H and O–H groups in total. The first kappa shape index (κ1) is 20.3. The molecule has 1 aromatic heterocycles. The number of hydrogen-bond acceptors (Lipinski definition) is 6. The Morgan fingerprint density at radius 3 is 2.77 bits per heavy atom. The number of nitrogens with zero attached hydrogens (tertiary/aromatic N) is 4. The number of carbonyl (C=O) groups excluding carboxylic acids is 2. The van der Waals surface area contributed by atoms with Gasteiger partial charge in [0.25, 0.3) is 0 Å². The predicted octanol–water partition coefficient (Wildman–Crippen LogP) is 4.04. The van der Waals surface area contributed by atoms with E-state index in [0.29, 0.717) is 10.7 Å². The number of nitrogens with one attached hydrogen (secondary N) is 1. The van der Waals surface area contributed by atoms with Gasteiger partial charge >= 0.3 is 0 Å². The summed E-state index contributed by atoms with van der Waals surface area (Å²) >= 11 is 1.30. The second kappa shape index (κ2) is 8.79. The third-order valence-electron chi connectivity index (χ3n) is 5.26. The highest BCUT2D eigenvalue weighted by atomic mass is 32.2. The minimum Gasteiger partial charge on any atom is -0.325 e. The molecule has 1 aliphatic heterocycles. The molecule has 0 aliphatic carbocycles. The molecule has 7 nitrogen and oxygen atoms in total. The van der Waals surface area contributed by atoms with E-state index < -0.39 is 0 Å². The van der Waals surface area contributed by atoms with Crippen molar-refractivity contribution in [2.24, 2.45) is 0 Å². The Morgan fingerprint density at radius 2 is 2.00 bits per heavy atom. The molecule has 154 valence electrons. The van der Waals surface area contributed by atoms with Gasteiger partial charge in [-0.05, 0) is 71.7 Å². The molecule has 2 heterocycles. The number of unbranched alkanes of at least 4 members (excludes halogenated alkanes) is 1. The monoisotopic (exact) mass is 421 g/mol. The Labute approximate surface area is 179 Å². The molecule has 0 bridgehead atoms. The van der Waals surface area contributed by atoms with E-state index in [1.165, 1.54) is 30.2 Å². The molecule has 2 aromatic carbocycles. The number of rotatable bonds is 8. The van der Waals surface area contributed by atoms with Crippen molar-refractivity contribution in [2.45, 2.75) is 44.2 Å². The topological polar surface area (TPSA) is 89.8 Å². The molecular weight excluding hydrogens is 398 g/mol. The van der Waals surface area contributed by atoms with Crippen molar-refractivity contribution in [1.29, 1.82) is 0 Å². The maximum Gasteiger partial charge on any atom is 0.231 e. The van der Waals surface area contributed by atoms with E-state index in [2.05, 4.69) is 39.9 Å². The summed E-state index contributed by atoms with van der Waals surface area (Å²) in [6, 6.07) is 13.5. The number of hydrogen-bond donors (Lipinski definition) is 1. The van der Waals surface area contributed by atoms with Crippen LogP contribution in [0.5, 0.6) is 0 Å². The number of tetrazole rings is 1. The van der Waals surface area contributed by atoms with Crippen molar-refractivity contribution in [3.8, 4) is 5.69 Å². The summed E-state index contributed by atoms with van der Waals surface area (Å²) < 4.78 is 1.65. The van der Waals surface area contributed by atoms with E-state index in [4.69, 9.17) is 0 Å². The number of aromatic nitrogens is 4. The van der Waals surface area contributed by atoms with Gasteiger partial charge in [0.2, 0.25) is 11.1 Å². The summed E-state index contributed by atoms with van der Waals surface area (Å²) in [5.41, 5.74) is 4.39. The summed E-state index contributed by atoms with van der Waals surface area (Å²) in [5, 5.41) is 15.3. The fraction of sp³-hybridized carbons (Fsp3) is 0.318. The normalized spacial score (nSPS) is 15.1. The second-order valence-electron chi connectivity index (χ2n) is 7.37. The van der Waals surface area contributed by atoms with Gasteiger partial charge in [-0.3, -0.25) is 9.59 Å². The van der Waals surface area contributed by atoms with Crippen molar-refractivity contribution >= 4 is 29.1 Å². The standard InChI is InChI=1S/C22H23N5O2S/c1-3-4-5-15-6-9-17(10-7-15)27-22(24-25-26-27)30-13-20(28)16-8-11-19-18(12-16)14(2)21(29)23-19/h6-12,14H,3-5,13H2,1-2H3,(H,23,29)/t14-/m1/s1. The van der Waals surface area contributed by atoms with Crippen LogP contribution in [-0.4, -0.2) is 37.7 Å². The average molecular weight is 422 g/mol. The molecule has 0 fully saturated rings. The first-order chi connectivity index (χ1) is 14.6. The summed E-state index contributed by atoms with van der Waals surface area (Å²) in [7, 11) is 0. The van der Waals surface area contributed by atoms with E-state index in [0.717, 1.165) is 23.4 Å². The third-order valence-corrected chi connectivity index (χ3v) is 6.18. The average Bonchev–Trinajstić information content (AvgIpc) is 3.35. The third kappa shape index (κ3) is 4.14. The molecule has 30 heavy (non-hydrogen) atoms. The van der Waals surface area contributed by atoms with Crippen LogP contribution in [0.15, 0.2) is 47.6 Å². The number of fused-ring (bicyclic) bond motifs is 1. The maximum absolute atomic E-state index is 12.7. The minimum absolute atomic E-state index is 0.0289. The molecule has 4 rings (SSSR count). The van der Waals surface area contributed by atoms with Crippen molar-refractivity contribution in [3.05, 3.63) is 59.2 Å². The van der Waals surface area contributed by atoms with E-state index in [1.54, 1.807) is 22.9 Å². The van der Waals surface area contributed by atoms with Crippen LogP contribution in [0.3, 0.4) is 0 Å². The highest BCUT2D eigenvalue weighted by Crippen LogP contribution is 2.33. The molecular formula is C22H23N5O2S. The maximum atomic E-state index is 12.7. The molecule has 0 radical (unpaired) electrons. The lowest BCUT2D eigenvalue weighted by molar-refractivity contribution is -0.116. The lowest BCUT2D eigenvalue weighted by atomic mass is 9.99. The number of aryl methyl sites for hydroxylation is 1. The van der Waals surface area contributed by atoms with Crippen LogP contribution in [0, 0.1) is 0 Å². The first-order valence-electron chi connectivity index (χ1n) is 10.1. The van der Waals surface area contributed by atoms with Crippen LogP contribution in [0.4, 0.5) is 5.69 Å². The fourth-order valence-corrected chi connectivity index (χ4v) is 4.20. The van der Waals surface area contributed by atoms with E-state index in [-0.39, 0.29) is 23.4 Å². The quantitative estimate of drug-likeness (QED) is 0.436. The number of thioether (sulfide) groups is 1. The molecule has 0 saturated heterocycles. The largest absolute Gasteiger partial charge is 0.325 e. The fourth-order valence-electron chi connectivity index (χ4n) is 3.42. The number of ketones is 1. The van der Waals surface area contributed by atoms with Crippen molar-refractivity contribution in [2.75, 3.05) is 11.1 Å². The smallest absolute Gasteiger partial charge is 0.231 e. The van der Waals surface area contributed by atoms with Gasteiger partial charge in [-0.2, -0.15) is 4.68 Å². The van der Waals surface area contributed by atoms with E-state index in [9.17, 15) is 9.59 Å². The van der Waals surface area contributed by atoms with Crippen molar-refractivity contribution in [3.63, 3.8) is 0 Å². The van der Waals surface area contributed by atoms with Gasteiger partial charge in [-0.15, -0.1) is 5.10 Å². The summed E-state index contributed by atoms with van der Waals surface area (Å²) in [4.78, 5) is 24.5. The summed E-state index contributed by atoms with van der Waals surface area (Å²) in [6.45, 7) is 4.02. The number of carbonyl (C=O) groups is 2. The van der Waals surface area contributed by atoms with Crippen LogP contribution in [0.1, 0.15) is 54.1 Å². The van der Waals surface area contributed by atoms with E-state index >= 15 is 0 Å². The predicted molar refractivity (Wildman–Crippen MR) is 116 cm³/mol. The number of benzene rings is 2. The lowest BCUT2D eigenvalue weighted by Gasteiger charge is -2.07. The second-order valence-corrected chi connectivity index (χ2v) is 8.31. The zero-order valence-electron chi connectivity index (χ0n) is 17.0. The minimum atomic E-state index is -0.243. The van der Waals surface area contributed by atoms with Gasteiger partial charge in [0.05, 0.1) is 17.4 Å². The van der Waals surface area contributed by atoms with E-state index in [1.807, 2.05) is 19.1 Å². The van der Waals surface area contributed by atoms with Crippen molar-refractivity contribution < 1.29 is 9.59 Å². The Balaban J connectivity index is 1.44. The SMILES string of the molecule is CCCCc1ccc(-n2nnnc2SCC(=O)c2ccc3c(c2)[C@@H](C)C(=O)N3)cc1. The Morgan fingerprint density at radius 1 is 1.20 bits per heavy atom. The Kier molecular flexibility index (Phi) is 5.94. The van der Waals surface area contributed by atoms with Gasteiger partial charge in [0.1, 0.15) is 0 Å². The van der Waals surface area contributed by atoms with Gasteiger partial charge in [0.15, 0.2) is 5.78 Å². The van der Waals surface area contributed by atoms with Gasteiger partial charge < -0.3 is 5.32 Å². The van der Waals surface area contributed by atoms with Crippen LogP contribution in [0.25, 0.3) is 5.69 Å². The highest BCUT2D eigenvalue weighted by Gasteiger charge is 2.27. The zero-order valence-corrected chi connectivity index (χ0v) is 17.8. The molecule has 1 atom stereocenters.